The van der Waals surface area contributed by atoms with E-state index in [1.54, 1.807) is 24.3 Å². The average Bonchev–Trinajstić information content (AvgIpc) is 2.37. The van der Waals surface area contributed by atoms with Gasteiger partial charge in [0.1, 0.15) is 0 Å². The quantitative estimate of drug-likeness (QED) is 0.604. The van der Waals surface area contributed by atoms with E-state index >= 15 is 0 Å². The van der Waals surface area contributed by atoms with E-state index in [4.69, 9.17) is 9.47 Å². The first kappa shape index (κ1) is 12.4. The lowest BCUT2D eigenvalue weighted by molar-refractivity contribution is -0.210. The molecule has 1 aliphatic rings. The van der Waals surface area contributed by atoms with Crippen LogP contribution in [0.2, 0.25) is 0 Å². The Balaban J connectivity index is 2.29. The summed E-state index contributed by atoms with van der Waals surface area (Å²) in [6.07, 6.45) is 0.895. The topological polar surface area (TPSA) is 52.6 Å². The molecule has 0 aromatic heterocycles. The normalized spacial score (nSPS) is 27.3. The first-order valence-corrected chi connectivity index (χ1v) is 5.68. The van der Waals surface area contributed by atoms with Gasteiger partial charge < -0.3 is 9.47 Å². The molecule has 1 aliphatic heterocycles. The second kappa shape index (κ2) is 4.64. The number of carbonyl (C=O) groups is 2. The molecule has 94 valence electrons. The van der Waals surface area contributed by atoms with Crippen molar-refractivity contribution in [3.63, 3.8) is 0 Å². The fraction of sp³-hybridized carbons (Fsp3) is 0.286. The number of benzene rings is 1. The molecule has 2 atom stereocenters. The molecular weight excluding hydrogens is 232 g/mol. The number of esters is 2. The summed E-state index contributed by atoms with van der Waals surface area (Å²) in [5.74, 6) is -1.10. The number of rotatable bonds is 3. The van der Waals surface area contributed by atoms with Gasteiger partial charge in [0.25, 0.3) is 0 Å². The summed E-state index contributed by atoms with van der Waals surface area (Å²) in [6.45, 7) is 5.04. The predicted octanol–water partition coefficient (Wildman–Crippen LogP) is 1.95. The highest BCUT2D eigenvalue weighted by Crippen LogP contribution is 2.32. The third kappa shape index (κ3) is 2.01. The zero-order valence-corrected chi connectivity index (χ0v) is 10.1. The maximum absolute atomic E-state index is 12.0. The smallest absolute Gasteiger partial charge is 0.355 e. The molecule has 0 aliphatic carbocycles. The monoisotopic (exact) mass is 246 g/mol. The number of carbonyl (C=O) groups excluding carboxylic acids is 2. The van der Waals surface area contributed by atoms with E-state index < -0.39 is 23.6 Å². The Labute approximate surface area is 105 Å². The molecule has 0 N–H and O–H groups in total. The van der Waals surface area contributed by atoms with Gasteiger partial charge in [0, 0.05) is 12.0 Å². The predicted molar refractivity (Wildman–Crippen MR) is 64.6 cm³/mol. The molecule has 0 radical (unpaired) electrons. The van der Waals surface area contributed by atoms with Crippen molar-refractivity contribution >= 4 is 11.9 Å². The van der Waals surface area contributed by atoms with Gasteiger partial charge in [-0.2, -0.15) is 0 Å². The van der Waals surface area contributed by atoms with Crippen molar-refractivity contribution in [2.45, 2.75) is 25.0 Å². The van der Waals surface area contributed by atoms with Gasteiger partial charge >= 0.3 is 11.9 Å². The van der Waals surface area contributed by atoms with Crippen LogP contribution < -0.4 is 0 Å². The molecule has 1 fully saturated rings. The van der Waals surface area contributed by atoms with E-state index in [0.717, 1.165) is 0 Å². The number of hydrogen-bond donors (Lipinski definition) is 0. The molecule has 2 rings (SSSR count). The number of hydrogen-bond acceptors (Lipinski definition) is 4. The van der Waals surface area contributed by atoms with Crippen molar-refractivity contribution in [3.8, 4) is 0 Å². The molecule has 1 saturated heterocycles. The maximum Gasteiger partial charge on any atom is 0.355 e. The van der Waals surface area contributed by atoms with E-state index in [0.29, 0.717) is 5.56 Å². The summed E-state index contributed by atoms with van der Waals surface area (Å²) in [7, 11) is 0. The van der Waals surface area contributed by atoms with Crippen LogP contribution in [0.3, 0.4) is 0 Å². The third-order valence-electron chi connectivity index (χ3n) is 2.91. The summed E-state index contributed by atoms with van der Waals surface area (Å²) in [5, 5.41) is 0. The SMILES string of the molecule is C=CCC1OC(=O)[C@@](C)(c2ccccc2)OC1=O. The Kier molecular flexibility index (Phi) is 3.19. The van der Waals surface area contributed by atoms with Crippen LogP contribution in [-0.4, -0.2) is 18.0 Å². The minimum absolute atomic E-state index is 0.259. The molecule has 0 saturated carbocycles. The number of ether oxygens (including phenoxy) is 2. The number of cyclic esters (lactones) is 2. The second-order valence-corrected chi connectivity index (χ2v) is 4.24. The molecule has 4 heteroatoms. The highest BCUT2D eigenvalue weighted by atomic mass is 16.7. The summed E-state index contributed by atoms with van der Waals surface area (Å²) < 4.78 is 10.4. The first-order valence-electron chi connectivity index (χ1n) is 5.68. The maximum atomic E-state index is 12.0. The lowest BCUT2D eigenvalue weighted by Crippen LogP contribution is -2.49. The van der Waals surface area contributed by atoms with Gasteiger partial charge in [-0.15, -0.1) is 6.58 Å². The van der Waals surface area contributed by atoms with Crippen molar-refractivity contribution in [1.82, 2.24) is 0 Å². The molecule has 0 bridgehead atoms. The van der Waals surface area contributed by atoms with Crippen LogP contribution in [0.1, 0.15) is 18.9 Å². The summed E-state index contributed by atoms with van der Waals surface area (Å²) in [4.78, 5) is 23.8. The van der Waals surface area contributed by atoms with Gasteiger partial charge in [-0.1, -0.05) is 36.4 Å². The Bertz CT molecular complexity index is 480. The van der Waals surface area contributed by atoms with E-state index in [1.807, 2.05) is 6.07 Å². The van der Waals surface area contributed by atoms with Gasteiger partial charge in [0.05, 0.1) is 0 Å². The summed E-state index contributed by atoms with van der Waals surface area (Å²) >= 11 is 0. The zero-order chi connectivity index (χ0) is 13.2. The molecule has 1 heterocycles. The largest absolute Gasteiger partial charge is 0.447 e. The standard InChI is InChI=1S/C14H14O4/c1-3-7-11-12(15)18-14(2,13(16)17-11)10-8-5-4-6-9-10/h3-6,8-9,11H,1,7H2,2H3/t11?,14-/m1/s1. The van der Waals surface area contributed by atoms with Crippen LogP contribution in [0.5, 0.6) is 0 Å². The lowest BCUT2D eigenvalue weighted by atomic mass is 9.94. The lowest BCUT2D eigenvalue weighted by Gasteiger charge is -2.34. The van der Waals surface area contributed by atoms with Crippen molar-refractivity contribution in [3.05, 3.63) is 48.6 Å². The second-order valence-electron chi connectivity index (χ2n) is 4.24. The van der Waals surface area contributed by atoms with Crippen molar-refractivity contribution in [2.75, 3.05) is 0 Å². The van der Waals surface area contributed by atoms with E-state index in [2.05, 4.69) is 6.58 Å². The van der Waals surface area contributed by atoms with E-state index in [1.165, 1.54) is 13.0 Å². The van der Waals surface area contributed by atoms with E-state index in [-0.39, 0.29) is 6.42 Å². The minimum Gasteiger partial charge on any atom is -0.447 e. The van der Waals surface area contributed by atoms with Gasteiger partial charge in [-0.3, -0.25) is 0 Å². The Hall–Kier alpha value is -2.10. The average molecular weight is 246 g/mol. The fourth-order valence-electron chi connectivity index (χ4n) is 1.83. The van der Waals surface area contributed by atoms with Crippen molar-refractivity contribution in [1.29, 1.82) is 0 Å². The van der Waals surface area contributed by atoms with Gasteiger partial charge in [0.2, 0.25) is 11.7 Å². The van der Waals surface area contributed by atoms with E-state index in [9.17, 15) is 9.59 Å². The van der Waals surface area contributed by atoms with Crippen LogP contribution >= 0.6 is 0 Å². The molecule has 4 nitrogen and oxygen atoms in total. The minimum atomic E-state index is -1.37. The highest BCUT2D eigenvalue weighted by molar-refractivity contribution is 5.91. The molecule has 0 spiro atoms. The van der Waals surface area contributed by atoms with Gasteiger partial charge in [-0.25, -0.2) is 9.59 Å². The molecule has 1 aromatic carbocycles. The Morgan fingerprint density at radius 1 is 1.33 bits per heavy atom. The van der Waals surface area contributed by atoms with Crippen molar-refractivity contribution in [2.24, 2.45) is 0 Å². The third-order valence-corrected chi connectivity index (χ3v) is 2.91. The summed E-state index contributed by atoms with van der Waals surface area (Å²) in [5.41, 5.74) is -0.767. The Morgan fingerprint density at radius 2 is 2.00 bits per heavy atom. The van der Waals surface area contributed by atoms with Gasteiger partial charge in [-0.05, 0) is 6.92 Å². The van der Waals surface area contributed by atoms with Crippen LogP contribution in [0.25, 0.3) is 0 Å². The highest BCUT2D eigenvalue weighted by Gasteiger charge is 2.48. The summed E-state index contributed by atoms with van der Waals surface area (Å²) in [6, 6.07) is 8.82. The molecule has 1 unspecified atom stereocenters. The molecule has 1 aromatic rings. The molecular formula is C14H14O4. The van der Waals surface area contributed by atoms with Crippen LogP contribution in [0.15, 0.2) is 43.0 Å². The fourth-order valence-corrected chi connectivity index (χ4v) is 1.83. The van der Waals surface area contributed by atoms with Crippen molar-refractivity contribution < 1.29 is 19.1 Å². The first-order chi connectivity index (χ1) is 8.58. The molecule has 0 amide bonds. The van der Waals surface area contributed by atoms with Crippen LogP contribution in [-0.2, 0) is 24.7 Å². The zero-order valence-electron chi connectivity index (χ0n) is 10.1. The molecule has 18 heavy (non-hydrogen) atoms. The van der Waals surface area contributed by atoms with Crippen LogP contribution in [0.4, 0.5) is 0 Å². The van der Waals surface area contributed by atoms with Gasteiger partial charge in [0.15, 0.2) is 0 Å². The van der Waals surface area contributed by atoms with Crippen LogP contribution in [0, 0.1) is 0 Å². The Morgan fingerprint density at radius 3 is 2.61 bits per heavy atom.